The van der Waals surface area contributed by atoms with Crippen molar-refractivity contribution in [3.63, 3.8) is 0 Å². The van der Waals surface area contributed by atoms with Crippen LogP contribution in [-0.2, 0) is 0 Å². The summed E-state index contributed by atoms with van der Waals surface area (Å²) < 4.78 is 10.4. The van der Waals surface area contributed by atoms with Crippen LogP contribution in [0, 0.1) is 18.3 Å². The molecule has 0 saturated carbocycles. The van der Waals surface area contributed by atoms with Crippen molar-refractivity contribution in [2.24, 2.45) is 5.92 Å². The number of nitrogens with zero attached hydrogens (tertiary/aromatic N) is 1. The highest BCUT2D eigenvalue weighted by Crippen LogP contribution is 2.29. The second-order valence-electron chi connectivity index (χ2n) is 3.82. The molecule has 0 aliphatic carbocycles. The molecule has 82 valence electrons. The van der Waals surface area contributed by atoms with Gasteiger partial charge in [0.25, 0.3) is 5.88 Å². The highest BCUT2D eigenvalue weighted by molar-refractivity contribution is 5.15. The molecule has 0 unspecified atom stereocenters. The van der Waals surface area contributed by atoms with Gasteiger partial charge < -0.3 is 9.26 Å². The maximum atomic E-state index is 5.23. The van der Waals surface area contributed by atoms with Gasteiger partial charge in [0.2, 0.25) is 0 Å². The van der Waals surface area contributed by atoms with E-state index in [4.69, 9.17) is 15.7 Å². The third kappa shape index (κ3) is 3.02. The summed E-state index contributed by atoms with van der Waals surface area (Å²) in [5.41, 5.74) is 0. The van der Waals surface area contributed by atoms with Crippen molar-refractivity contribution in [3.8, 4) is 18.2 Å². The molecule has 1 atom stereocenters. The summed E-state index contributed by atoms with van der Waals surface area (Å²) in [5.74, 6) is 4.66. The molecule has 0 N–H and O–H groups in total. The van der Waals surface area contributed by atoms with Crippen molar-refractivity contribution >= 4 is 0 Å². The minimum Gasteiger partial charge on any atom is -0.462 e. The first-order valence-electron chi connectivity index (χ1n) is 5.21. The summed E-state index contributed by atoms with van der Waals surface area (Å²) in [4.78, 5) is 0. The summed E-state index contributed by atoms with van der Waals surface area (Å²) in [6.07, 6.45) is 6.11. The van der Waals surface area contributed by atoms with E-state index < -0.39 is 0 Å². The number of aromatic nitrogens is 1. The SMILES string of the molecule is C#CCOc1cc([C@@H](CC)C(C)C)on1. The molecule has 0 fully saturated rings. The van der Waals surface area contributed by atoms with Crippen LogP contribution < -0.4 is 4.74 Å². The maximum absolute atomic E-state index is 5.23. The summed E-state index contributed by atoms with van der Waals surface area (Å²) >= 11 is 0. The van der Waals surface area contributed by atoms with Gasteiger partial charge in [-0.2, -0.15) is 0 Å². The number of rotatable bonds is 5. The quantitative estimate of drug-likeness (QED) is 0.696. The van der Waals surface area contributed by atoms with E-state index in [1.807, 2.05) is 6.07 Å². The van der Waals surface area contributed by atoms with E-state index >= 15 is 0 Å². The zero-order valence-corrected chi connectivity index (χ0v) is 9.49. The van der Waals surface area contributed by atoms with Crippen LogP contribution in [0.3, 0.4) is 0 Å². The molecule has 0 aliphatic heterocycles. The van der Waals surface area contributed by atoms with Gasteiger partial charge in [0.15, 0.2) is 6.61 Å². The lowest BCUT2D eigenvalue weighted by molar-refractivity contribution is 0.289. The van der Waals surface area contributed by atoms with Gasteiger partial charge in [0, 0.05) is 12.0 Å². The lowest BCUT2D eigenvalue weighted by atomic mass is 9.91. The second-order valence-corrected chi connectivity index (χ2v) is 3.82. The number of hydrogen-bond donors (Lipinski definition) is 0. The molecule has 3 heteroatoms. The Balaban J connectivity index is 2.70. The average molecular weight is 207 g/mol. The molecule has 0 aliphatic rings. The minimum absolute atomic E-state index is 0.227. The lowest BCUT2D eigenvalue weighted by Gasteiger charge is -2.14. The Kier molecular flexibility index (Phi) is 4.23. The van der Waals surface area contributed by atoms with Crippen LogP contribution in [0.2, 0.25) is 0 Å². The monoisotopic (exact) mass is 207 g/mol. The van der Waals surface area contributed by atoms with Crippen LogP contribution in [0.25, 0.3) is 0 Å². The summed E-state index contributed by atoms with van der Waals surface area (Å²) in [5, 5.41) is 3.81. The molecular weight excluding hydrogens is 190 g/mol. The Morgan fingerprint density at radius 1 is 1.60 bits per heavy atom. The maximum Gasteiger partial charge on any atom is 0.255 e. The van der Waals surface area contributed by atoms with Crippen LogP contribution in [0.4, 0.5) is 0 Å². The second kappa shape index (κ2) is 5.45. The fourth-order valence-electron chi connectivity index (χ4n) is 1.63. The normalized spacial score (nSPS) is 12.5. The number of terminal acetylenes is 1. The first-order valence-corrected chi connectivity index (χ1v) is 5.21. The van der Waals surface area contributed by atoms with Crippen molar-refractivity contribution in [2.45, 2.75) is 33.1 Å². The van der Waals surface area contributed by atoms with E-state index in [0.29, 0.717) is 17.7 Å². The molecule has 3 nitrogen and oxygen atoms in total. The van der Waals surface area contributed by atoms with Crippen molar-refractivity contribution in [1.29, 1.82) is 0 Å². The Morgan fingerprint density at radius 3 is 2.87 bits per heavy atom. The summed E-state index contributed by atoms with van der Waals surface area (Å²) in [6, 6.07) is 1.82. The van der Waals surface area contributed by atoms with Gasteiger partial charge in [-0.1, -0.05) is 26.7 Å². The van der Waals surface area contributed by atoms with Crippen LogP contribution in [-0.4, -0.2) is 11.8 Å². The highest BCUT2D eigenvalue weighted by Gasteiger charge is 2.19. The molecule has 0 saturated heterocycles. The number of hydrogen-bond acceptors (Lipinski definition) is 3. The van der Waals surface area contributed by atoms with Crippen molar-refractivity contribution in [2.75, 3.05) is 6.61 Å². The zero-order chi connectivity index (χ0) is 11.3. The molecular formula is C12H17NO2. The molecule has 0 spiro atoms. The van der Waals surface area contributed by atoms with Crippen molar-refractivity contribution < 1.29 is 9.26 Å². The van der Waals surface area contributed by atoms with Crippen LogP contribution in [0.1, 0.15) is 38.9 Å². The first kappa shape index (κ1) is 11.6. The lowest BCUT2D eigenvalue weighted by Crippen LogP contribution is -2.03. The topological polar surface area (TPSA) is 35.3 Å². The number of ether oxygens (including phenoxy) is 1. The highest BCUT2D eigenvalue weighted by atomic mass is 16.5. The van der Waals surface area contributed by atoms with E-state index in [1.165, 1.54) is 0 Å². The van der Waals surface area contributed by atoms with E-state index in [-0.39, 0.29) is 6.61 Å². The molecule has 0 amide bonds. The summed E-state index contributed by atoms with van der Waals surface area (Å²) in [6.45, 7) is 6.69. The van der Waals surface area contributed by atoms with Gasteiger partial charge in [-0.05, 0) is 17.5 Å². The third-order valence-corrected chi connectivity index (χ3v) is 2.42. The molecule has 0 aromatic carbocycles. The largest absolute Gasteiger partial charge is 0.462 e. The smallest absolute Gasteiger partial charge is 0.255 e. The van der Waals surface area contributed by atoms with Gasteiger partial charge in [-0.15, -0.1) is 6.42 Å². The van der Waals surface area contributed by atoms with Crippen molar-refractivity contribution in [1.82, 2.24) is 5.16 Å². The van der Waals surface area contributed by atoms with E-state index in [1.54, 1.807) is 0 Å². The Hall–Kier alpha value is -1.43. The molecule has 15 heavy (non-hydrogen) atoms. The molecule has 0 radical (unpaired) electrons. The molecule has 1 aromatic rings. The van der Waals surface area contributed by atoms with Crippen molar-refractivity contribution in [3.05, 3.63) is 11.8 Å². The standard InChI is InChI=1S/C12H17NO2/c1-5-7-14-12-8-11(15-13-12)10(6-2)9(3)4/h1,8-10H,6-7H2,2-4H3/t10-/m0/s1. The third-order valence-electron chi connectivity index (χ3n) is 2.42. The molecule has 1 rings (SSSR count). The Labute approximate surface area is 90.8 Å². The van der Waals surface area contributed by atoms with Crippen LogP contribution in [0.5, 0.6) is 5.88 Å². The Morgan fingerprint density at radius 2 is 2.33 bits per heavy atom. The van der Waals surface area contributed by atoms with Crippen LogP contribution in [0.15, 0.2) is 10.6 Å². The fourth-order valence-corrected chi connectivity index (χ4v) is 1.63. The van der Waals surface area contributed by atoms with Gasteiger partial charge in [-0.3, -0.25) is 0 Å². The predicted octanol–water partition coefficient (Wildman–Crippen LogP) is 2.84. The fraction of sp³-hybridized carbons (Fsp3) is 0.583. The van der Waals surface area contributed by atoms with E-state index in [9.17, 15) is 0 Å². The van der Waals surface area contributed by atoms with Gasteiger partial charge in [0.05, 0.1) is 0 Å². The minimum atomic E-state index is 0.227. The first-order chi connectivity index (χ1) is 7.19. The van der Waals surface area contributed by atoms with E-state index in [0.717, 1.165) is 12.2 Å². The van der Waals surface area contributed by atoms with Gasteiger partial charge >= 0.3 is 0 Å². The molecule has 0 bridgehead atoms. The van der Waals surface area contributed by atoms with Gasteiger partial charge in [-0.25, -0.2) is 0 Å². The van der Waals surface area contributed by atoms with Gasteiger partial charge in [0.1, 0.15) is 5.76 Å². The summed E-state index contributed by atoms with van der Waals surface area (Å²) in [7, 11) is 0. The van der Waals surface area contributed by atoms with E-state index in [2.05, 4.69) is 31.8 Å². The molecule has 1 heterocycles. The zero-order valence-electron chi connectivity index (χ0n) is 9.49. The Bertz CT molecular complexity index is 336. The van der Waals surface area contributed by atoms with Crippen LogP contribution >= 0.6 is 0 Å². The average Bonchev–Trinajstić information content (AvgIpc) is 2.64. The predicted molar refractivity (Wildman–Crippen MR) is 58.7 cm³/mol. The molecule has 1 aromatic heterocycles.